The van der Waals surface area contributed by atoms with Gasteiger partial charge in [-0.25, -0.2) is 9.18 Å². The molecule has 6 nitrogen and oxygen atoms in total. The first kappa shape index (κ1) is 31.2. The molecule has 0 aliphatic heterocycles. The molecule has 0 unspecified atom stereocenters. The number of unbranched alkanes of at least 4 members (excludes halogenated alkanes) is 1. The Hall–Kier alpha value is -4.27. The van der Waals surface area contributed by atoms with Crippen molar-refractivity contribution in [2.24, 2.45) is 0 Å². The van der Waals surface area contributed by atoms with Crippen LogP contribution in [-0.2, 0) is 24.4 Å². The molecule has 0 atom stereocenters. The minimum Gasteiger partial charge on any atom is -0.494 e. The Bertz CT molecular complexity index is 1780. The Kier molecular flexibility index (Phi) is 10.2. The number of hydrogen-bond acceptors (Lipinski definition) is 6. The molecule has 0 radical (unpaired) electrons. The van der Waals surface area contributed by atoms with E-state index in [9.17, 15) is 14.0 Å². The Labute approximate surface area is 261 Å². The molecule has 0 N–H and O–H groups in total. The van der Waals surface area contributed by atoms with Gasteiger partial charge in [-0.2, -0.15) is 0 Å². The van der Waals surface area contributed by atoms with Crippen molar-refractivity contribution in [2.45, 2.75) is 46.3 Å². The smallest absolute Gasteiger partial charge is 0.343 e. The lowest BCUT2D eigenvalue weighted by molar-refractivity contribution is 0.0524. The summed E-state index contributed by atoms with van der Waals surface area (Å²) < 4.78 is 27.8. The number of rotatable bonds is 13. The lowest BCUT2D eigenvalue weighted by atomic mass is 10.0. The second-order valence-electron chi connectivity index (χ2n) is 10.8. The van der Waals surface area contributed by atoms with E-state index in [1.165, 1.54) is 23.6 Å². The van der Waals surface area contributed by atoms with Crippen LogP contribution in [-0.4, -0.2) is 35.7 Å². The molecule has 3 aromatic carbocycles. The SMILES string of the molecule is CCCCOc1ccc(-c2sc3c(c2CN(C)Cc2ccccc2)c(=O)c(C(=O)OCC)cn3Cc2ccccc2F)cc1. The molecule has 0 spiro atoms. The predicted octanol–water partition coefficient (Wildman–Crippen LogP) is 7.91. The quantitative estimate of drug-likeness (QED) is 0.0999. The van der Waals surface area contributed by atoms with Crippen LogP contribution < -0.4 is 10.2 Å². The summed E-state index contributed by atoms with van der Waals surface area (Å²) in [5.74, 6) is -0.253. The molecule has 5 rings (SSSR count). The van der Waals surface area contributed by atoms with Crippen molar-refractivity contribution in [3.05, 3.63) is 123 Å². The second kappa shape index (κ2) is 14.5. The number of carbonyl (C=O) groups is 1. The molecule has 2 aromatic heterocycles. The molecule has 5 aromatic rings. The van der Waals surface area contributed by atoms with Crippen molar-refractivity contribution in [2.75, 3.05) is 20.3 Å². The van der Waals surface area contributed by atoms with E-state index in [0.29, 0.717) is 35.5 Å². The fourth-order valence-electron chi connectivity index (χ4n) is 5.22. The number of pyridine rings is 1. The van der Waals surface area contributed by atoms with E-state index in [2.05, 4.69) is 24.0 Å². The van der Waals surface area contributed by atoms with Gasteiger partial charge in [-0.1, -0.05) is 61.9 Å². The highest BCUT2D eigenvalue weighted by atomic mass is 32.1. The van der Waals surface area contributed by atoms with Gasteiger partial charge in [0, 0.05) is 29.7 Å². The van der Waals surface area contributed by atoms with Crippen LogP contribution >= 0.6 is 11.3 Å². The lowest BCUT2D eigenvalue weighted by Crippen LogP contribution is -2.23. The monoisotopic (exact) mass is 612 g/mol. The van der Waals surface area contributed by atoms with Crippen LogP contribution in [0.1, 0.15) is 53.7 Å². The van der Waals surface area contributed by atoms with E-state index in [1.807, 2.05) is 49.5 Å². The van der Waals surface area contributed by atoms with Crippen LogP contribution in [0.15, 0.2) is 89.9 Å². The minimum absolute atomic E-state index is 0.0633. The zero-order valence-electron chi connectivity index (χ0n) is 25.3. The van der Waals surface area contributed by atoms with Gasteiger partial charge in [-0.15, -0.1) is 11.3 Å². The highest BCUT2D eigenvalue weighted by Gasteiger charge is 2.25. The summed E-state index contributed by atoms with van der Waals surface area (Å²) in [5.41, 5.74) is 2.92. The largest absolute Gasteiger partial charge is 0.494 e. The number of nitrogens with zero attached hydrogens (tertiary/aromatic N) is 2. The fraction of sp³-hybridized carbons (Fsp3) is 0.278. The summed E-state index contributed by atoms with van der Waals surface area (Å²) in [6, 6.07) is 24.6. The molecule has 44 heavy (non-hydrogen) atoms. The maximum atomic E-state index is 14.8. The molecule has 0 bridgehead atoms. The average Bonchev–Trinajstić information content (AvgIpc) is 3.40. The van der Waals surface area contributed by atoms with Crippen LogP contribution in [0.4, 0.5) is 4.39 Å². The van der Waals surface area contributed by atoms with Crippen molar-refractivity contribution in [3.8, 4) is 16.2 Å². The van der Waals surface area contributed by atoms with E-state index in [1.54, 1.807) is 29.7 Å². The highest BCUT2D eigenvalue weighted by Crippen LogP contribution is 2.39. The van der Waals surface area contributed by atoms with E-state index < -0.39 is 5.97 Å². The van der Waals surface area contributed by atoms with Gasteiger partial charge < -0.3 is 14.0 Å². The predicted molar refractivity (Wildman–Crippen MR) is 175 cm³/mol. The zero-order chi connectivity index (χ0) is 31.1. The fourth-order valence-corrected chi connectivity index (χ4v) is 6.51. The maximum Gasteiger partial charge on any atom is 0.343 e. The first-order valence-corrected chi connectivity index (χ1v) is 15.8. The van der Waals surface area contributed by atoms with Crippen molar-refractivity contribution in [3.63, 3.8) is 0 Å². The molecular weight excluding hydrogens is 575 g/mol. The van der Waals surface area contributed by atoms with E-state index in [-0.39, 0.29) is 30.0 Å². The number of benzene rings is 3. The number of halogens is 1. The molecule has 0 saturated carbocycles. The third kappa shape index (κ3) is 7.09. The number of ether oxygens (including phenoxy) is 2. The Morgan fingerprint density at radius 3 is 2.39 bits per heavy atom. The van der Waals surface area contributed by atoms with Gasteiger partial charge in [0.1, 0.15) is 22.0 Å². The normalized spacial score (nSPS) is 11.3. The number of thiophene rings is 1. The zero-order valence-corrected chi connectivity index (χ0v) is 26.2. The lowest BCUT2D eigenvalue weighted by Gasteiger charge is -2.18. The first-order valence-electron chi connectivity index (χ1n) is 14.9. The summed E-state index contributed by atoms with van der Waals surface area (Å²) in [6.45, 7) is 5.90. The minimum atomic E-state index is -0.688. The van der Waals surface area contributed by atoms with Gasteiger partial charge in [0.15, 0.2) is 0 Å². The maximum absolute atomic E-state index is 14.8. The van der Waals surface area contributed by atoms with Crippen LogP contribution in [0.5, 0.6) is 5.75 Å². The van der Waals surface area contributed by atoms with Crippen LogP contribution in [0.2, 0.25) is 0 Å². The van der Waals surface area contributed by atoms with Crippen LogP contribution in [0.3, 0.4) is 0 Å². The average molecular weight is 613 g/mol. The van der Waals surface area contributed by atoms with Crippen molar-refractivity contribution in [1.29, 1.82) is 0 Å². The highest BCUT2D eigenvalue weighted by molar-refractivity contribution is 7.22. The molecule has 0 aliphatic carbocycles. The van der Waals surface area contributed by atoms with Gasteiger partial charge in [0.25, 0.3) is 0 Å². The van der Waals surface area contributed by atoms with Gasteiger partial charge in [0.2, 0.25) is 5.43 Å². The number of aromatic nitrogens is 1. The van der Waals surface area contributed by atoms with E-state index in [4.69, 9.17) is 9.47 Å². The summed E-state index contributed by atoms with van der Waals surface area (Å²) >= 11 is 1.47. The summed E-state index contributed by atoms with van der Waals surface area (Å²) in [6.07, 6.45) is 3.54. The molecule has 0 amide bonds. The number of fused-ring (bicyclic) bond motifs is 1. The third-order valence-corrected chi connectivity index (χ3v) is 8.72. The Balaban J connectivity index is 1.68. The molecule has 2 heterocycles. The molecule has 0 aliphatic rings. The van der Waals surface area contributed by atoms with Crippen molar-refractivity contribution in [1.82, 2.24) is 9.47 Å². The van der Waals surface area contributed by atoms with Crippen LogP contribution in [0.25, 0.3) is 20.7 Å². The van der Waals surface area contributed by atoms with Gasteiger partial charge in [-0.05, 0) is 67.4 Å². The van der Waals surface area contributed by atoms with Gasteiger partial charge in [0.05, 0.1) is 25.1 Å². The molecule has 0 fully saturated rings. The van der Waals surface area contributed by atoms with Gasteiger partial charge in [-0.3, -0.25) is 9.69 Å². The number of esters is 1. The molecule has 8 heteroatoms. The number of carbonyl (C=O) groups excluding carboxylic acids is 1. The van der Waals surface area contributed by atoms with Gasteiger partial charge >= 0.3 is 5.97 Å². The Morgan fingerprint density at radius 1 is 0.955 bits per heavy atom. The van der Waals surface area contributed by atoms with Crippen LogP contribution in [0, 0.1) is 5.82 Å². The van der Waals surface area contributed by atoms with Crippen molar-refractivity contribution >= 4 is 27.5 Å². The summed E-state index contributed by atoms with van der Waals surface area (Å²) in [5, 5.41) is 0.454. The third-order valence-electron chi connectivity index (χ3n) is 7.41. The van der Waals surface area contributed by atoms with E-state index in [0.717, 1.165) is 40.2 Å². The van der Waals surface area contributed by atoms with Crippen molar-refractivity contribution < 1.29 is 18.7 Å². The topological polar surface area (TPSA) is 60.8 Å². The molecular formula is C36H37FN2O4S. The Morgan fingerprint density at radius 2 is 1.68 bits per heavy atom. The molecule has 0 saturated heterocycles. The number of hydrogen-bond donors (Lipinski definition) is 0. The van der Waals surface area contributed by atoms with E-state index >= 15 is 0 Å². The standard InChI is InChI=1S/C36H37FN2O4S/c1-4-6-20-43-28-18-16-26(17-19-28)34-29(23-38(3)21-25-12-8-7-9-13-25)32-33(40)30(36(41)42-5-2)24-39(35(32)44-34)22-27-14-10-11-15-31(27)37/h7-19,24H,4-6,20-23H2,1-3H3. The summed E-state index contributed by atoms with van der Waals surface area (Å²) in [4.78, 5) is 30.9. The summed E-state index contributed by atoms with van der Waals surface area (Å²) in [7, 11) is 2.01. The first-order chi connectivity index (χ1) is 21.4. The second-order valence-corrected chi connectivity index (χ2v) is 11.8. The molecule has 228 valence electrons.